The maximum absolute atomic E-state index is 11.9. The predicted molar refractivity (Wildman–Crippen MR) is 73.4 cm³/mol. The second-order valence-corrected chi connectivity index (χ2v) is 5.65. The molecule has 1 saturated carbocycles. The number of hydrogen-bond acceptors (Lipinski definition) is 4. The van der Waals surface area contributed by atoms with Crippen LogP contribution in [0.3, 0.4) is 0 Å². The van der Waals surface area contributed by atoms with Crippen LogP contribution in [-0.4, -0.2) is 52.3 Å². The number of hydrogen-bond donors (Lipinski definition) is 1. The van der Waals surface area contributed by atoms with Crippen molar-refractivity contribution in [3.05, 3.63) is 11.6 Å². The summed E-state index contributed by atoms with van der Waals surface area (Å²) < 4.78 is 5.18. The van der Waals surface area contributed by atoms with Crippen LogP contribution in [0, 0.1) is 0 Å². The number of rotatable bonds is 5. The van der Waals surface area contributed by atoms with E-state index in [9.17, 15) is 4.79 Å². The molecule has 0 radical (unpaired) electrons. The smallest absolute Gasteiger partial charge is 0.248 e. The van der Waals surface area contributed by atoms with Crippen LogP contribution in [0.1, 0.15) is 56.1 Å². The quantitative estimate of drug-likeness (QED) is 0.884. The number of carbonyl (C=O) groups excluding carboxylic acids is 1. The number of amides is 1. The number of H-pyrrole nitrogens is 1. The number of likely N-dealkylation sites (tertiary alicyclic amines) is 1. The van der Waals surface area contributed by atoms with Crippen molar-refractivity contribution in [3.63, 3.8) is 0 Å². The molecule has 0 atom stereocenters. The molecule has 0 bridgehead atoms. The van der Waals surface area contributed by atoms with Gasteiger partial charge in [0, 0.05) is 31.5 Å². The van der Waals surface area contributed by atoms with Crippen LogP contribution in [0.2, 0.25) is 0 Å². The highest BCUT2D eigenvalue weighted by atomic mass is 16.5. The fourth-order valence-corrected chi connectivity index (χ4v) is 2.68. The Morgan fingerprint density at radius 3 is 2.70 bits per heavy atom. The van der Waals surface area contributed by atoms with Crippen LogP contribution in [0.25, 0.3) is 0 Å². The van der Waals surface area contributed by atoms with E-state index < -0.39 is 0 Å². The normalized spacial score (nSPS) is 20.4. The van der Waals surface area contributed by atoms with Gasteiger partial charge in [0.15, 0.2) is 5.82 Å². The van der Waals surface area contributed by atoms with Gasteiger partial charge in [0.25, 0.3) is 0 Å². The minimum atomic E-state index is 0.0986. The molecule has 0 aromatic carbocycles. The molecule has 6 nitrogen and oxygen atoms in total. The molecule has 1 aromatic heterocycles. The Kier molecular flexibility index (Phi) is 4.00. The van der Waals surface area contributed by atoms with Gasteiger partial charge in [-0.3, -0.25) is 9.89 Å². The van der Waals surface area contributed by atoms with Gasteiger partial charge in [-0.25, -0.2) is 4.98 Å². The summed E-state index contributed by atoms with van der Waals surface area (Å²) in [6, 6.07) is 0. The van der Waals surface area contributed by atoms with Crippen LogP contribution in [-0.2, 0) is 9.53 Å². The van der Waals surface area contributed by atoms with E-state index in [-0.39, 0.29) is 12.5 Å². The first-order chi connectivity index (χ1) is 9.78. The molecule has 1 aliphatic heterocycles. The van der Waals surface area contributed by atoms with E-state index in [1.165, 1.54) is 12.8 Å². The van der Waals surface area contributed by atoms with Crippen LogP contribution in [0.15, 0.2) is 0 Å². The lowest BCUT2D eigenvalue weighted by Gasteiger charge is -2.30. The molecule has 6 heteroatoms. The first kappa shape index (κ1) is 13.5. The van der Waals surface area contributed by atoms with Crippen molar-refractivity contribution in [2.24, 2.45) is 0 Å². The Bertz CT molecular complexity index is 461. The zero-order valence-corrected chi connectivity index (χ0v) is 12.0. The van der Waals surface area contributed by atoms with Crippen molar-refractivity contribution in [2.75, 3.05) is 26.3 Å². The van der Waals surface area contributed by atoms with E-state index in [1.807, 2.05) is 11.8 Å². The third kappa shape index (κ3) is 3.00. The summed E-state index contributed by atoms with van der Waals surface area (Å²) in [5, 5.41) is 7.40. The lowest BCUT2D eigenvalue weighted by molar-refractivity contribution is -0.137. The van der Waals surface area contributed by atoms with Gasteiger partial charge in [-0.1, -0.05) is 0 Å². The van der Waals surface area contributed by atoms with E-state index in [1.54, 1.807) is 0 Å². The monoisotopic (exact) mass is 278 g/mol. The van der Waals surface area contributed by atoms with Crippen LogP contribution >= 0.6 is 0 Å². The van der Waals surface area contributed by atoms with Crippen LogP contribution < -0.4 is 0 Å². The zero-order chi connectivity index (χ0) is 13.9. The fraction of sp³-hybridized carbons (Fsp3) is 0.786. The highest BCUT2D eigenvalue weighted by molar-refractivity contribution is 5.77. The molecule has 110 valence electrons. The minimum absolute atomic E-state index is 0.0986. The van der Waals surface area contributed by atoms with E-state index in [2.05, 4.69) is 15.2 Å². The molecule has 2 heterocycles. The summed E-state index contributed by atoms with van der Waals surface area (Å²) in [4.78, 5) is 18.4. The van der Waals surface area contributed by atoms with Gasteiger partial charge in [-0.05, 0) is 32.6 Å². The molecule has 1 amide bonds. The Morgan fingerprint density at radius 2 is 2.05 bits per heavy atom. The topological polar surface area (TPSA) is 71.1 Å². The number of carbonyl (C=O) groups is 1. The van der Waals surface area contributed by atoms with Gasteiger partial charge in [0.1, 0.15) is 12.4 Å². The van der Waals surface area contributed by atoms with Gasteiger partial charge < -0.3 is 9.64 Å². The average molecular weight is 278 g/mol. The van der Waals surface area contributed by atoms with Crippen molar-refractivity contribution >= 4 is 5.91 Å². The van der Waals surface area contributed by atoms with E-state index in [0.29, 0.717) is 18.4 Å². The van der Waals surface area contributed by atoms with Crippen molar-refractivity contribution in [2.45, 2.75) is 44.4 Å². The summed E-state index contributed by atoms with van der Waals surface area (Å²) in [5.41, 5.74) is 0. The van der Waals surface area contributed by atoms with Crippen LogP contribution in [0.5, 0.6) is 0 Å². The third-order valence-corrected chi connectivity index (χ3v) is 4.13. The number of aromatic amines is 1. The van der Waals surface area contributed by atoms with Crippen LogP contribution in [0.4, 0.5) is 0 Å². The molecule has 3 rings (SSSR count). The maximum atomic E-state index is 11.9. The number of aromatic nitrogens is 3. The number of piperidine rings is 1. The van der Waals surface area contributed by atoms with E-state index in [0.717, 1.165) is 37.6 Å². The van der Waals surface area contributed by atoms with Gasteiger partial charge >= 0.3 is 0 Å². The average Bonchev–Trinajstić information content (AvgIpc) is 3.22. The number of nitrogens with zero attached hydrogens (tertiary/aromatic N) is 3. The molecule has 1 N–H and O–H groups in total. The van der Waals surface area contributed by atoms with Gasteiger partial charge in [-0.15, -0.1) is 0 Å². The largest absolute Gasteiger partial charge is 0.372 e. The Balaban J connectivity index is 1.51. The summed E-state index contributed by atoms with van der Waals surface area (Å²) in [6.07, 6.45) is 4.36. The van der Waals surface area contributed by atoms with Crippen molar-refractivity contribution < 1.29 is 9.53 Å². The van der Waals surface area contributed by atoms with Crippen molar-refractivity contribution in [3.8, 4) is 0 Å². The molecule has 0 spiro atoms. The third-order valence-electron chi connectivity index (χ3n) is 4.13. The number of nitrogens with one attached hydrogen (secondary N) is 1. The van der Waals surface area contributed by atoms with Crippen molar-refractivity contribution in [1.82, 2.24) is 20.1 Å². The fourth-order valence-electron chi connectivity index (χ4n) is 2.68. The molecular formula is C14H22N4O2. The van der Waals surface area contributed by atoms with E-state index >= 15 is 0 Å². The summed E-state index contributed by atoms with van der Waals surface area (Å²) in [6.45, 7) is 4.27. The first-order valence-electron chi connectivity index (χ1n) is 7.55. The second-order valence-electron chi connectivity index (χ2n) is 5.65. The summed E-state index contributed by atoms with van der Waals surface area (Å²) in [7, 11) is 0. The molecule has 1 saturated heterocycles. The highest BCUT2D eigenvalue weighted by Crippen LogP contribution is 2.38. The van der Waals surface area contributed by atoms with E-state index in [4.69, 9.17) is 4.74 Å². The molecule has 2 aliphatic rings. The zero-order valence-electron chi connectivity index (χ0n) is 12.0. The van der Waals surface area contributed by atoms with Gasteiger partial charge in [-0.2, -0.15) is 5.10 Å². The SMILES string of the molecule is CCOCC(=O)N1CCC(c2nc(C3CC3)n[nH]2)CC1. The second kappa shape index (κ2) is 5.91. The maximum Gasteiger partial charge on any atom is 0.248 e. The standard InChI is InChI=1S/C14H22N4O2/c1-2-20-9-12(19)18-7-5-11(6-8-18)14-15-13(16-17-14)10-3-4-10/h10-11H,2-9H2,1H3,(H,15,16,17). The molecular weight excluding hydrogens is 256 g/mol. The summed E-state index contributed by atoms with van der Waals surface area (Å²) in [5.74, 6) is 3.08. The predicted octanol–water partition coefficient (Wildman–Crippen LogP) is 1.42. The Hall–Kier alpha value is -1.43. The Labute approximate surface area is 118 Å². The van der Waals surface area contributed by atoms with Gasteiger partial charge in [0.2, 0.25) is 5.91 Å². The molecule has 1 aliphatic carbocycles. The lowest BCUT2D eigenvalue weighted by Crippen LogP contribution is -2.40. The van der Waals surface area contributed by atoms with Crippen molar-refractivity contribution in [1.29, 1.82) is 0 Å². The molecule has 20 heavy (non-hydrogen) atoms. The first-order valence-corrected chi connectivity index (χ1v) is 7.55. The molecule has 2 fully saturated rings. The molecule has 0 unspecified atom stereocenters. The number of ether oxygens (including phenoxy) is 1. The minimum Gasteiger partial charge on any atom is -0.372 e. The van der Waals surface area contributed by atoms with Gasteiger partial charge in [0.05, 0.1) is 0 Å². The lowest BCUT2D eigenvalue weighted by atomic mass is 9.96. The Morgan fingerprint density at radius 1 is 1.30 bits per heavy atom. The summed E-state index contributed by atoms with van der Waals surface area (Å²) >= 11 is 0. The molecule has 1 aromatic rings. The highest BCUT2D eigenvalue weighted by Gasteiger charge is 2.30.